The second kappa shape index (κ2) is 10.3. The Balaban J connectivity index is 1.87. The van der Waals surface area contributed by atoms with Crippen molar-refractivity contribution in [3.05, 3.63) is 65.2 Å². The lowest BCUT2D eigenvalue weighted by atomic mass is 10.1. The molecule has 1 aromatic carbocycles. The van der Waals surface area contributed by atoms with E-state index < -0.39 is 0 Å². The molecule has 2 rings (SSSR count). The van der Waals surface area contributed by atoms with E-state index in [1.807, 2.05) is 0 Å². The molecule has 0 atom stereocenters. The lowest BCUT2D eigenvalue weighted by molar-refractivity contribution is 0.0952. The van der Waals surface area contributed by atoms with Gasteiger partial charge in [-0.2, -0.15) is 0 Å². The molecule has 0 unspecified atom stereocenters. The van der Waals surface area contributed by atoms with Gasteiger partial charge in [-0.05, 0) is 30.5 Å². The fourth-order valence-corrected chi connectivity index (χ4v) is 2.48. The maximum absolute atomic E-state index is 13.6. The predicted octanol–water partition coefficient (Wildman–Crippen LogP) is 3.11. The van der Waals surface area contributed by atoms with Crippen molar-refractivity contribution in [2.75, 3.05) is 13.1 Å². The van der Waals surface area contributed by atoms with Crippen LogP contribution in [0.2, 0.25) is 0 Å². The van der Waals surface area contributed by atoms with E-state index in [0.29, 0.717) is 36.2 Å². The Morgan fingerprint density at radius 1 is 1.00 bits per heavy atom. The van der Waals surface area contributed by atoms with Gasteiger partial charge in [-0.15, -0.1) is 0 Å². The maximum Gasteiger partial charge on any atom is 0.252 e. The number of aromatic nitrogens is 1. The highest BCUT2D eigenvalue weighted by atomic mass is 19.1. The Kier molecular flexibility index (Phi) is 7.74. The van der Waals surface area contributed by atoms with E-state index in [2.05, 4.69) is 22.5 Å². The number of nitrogens with one attached hydrogen (secondary N) is 2. The quantitative estimate of drug-likeness (QED) is 0.678. The van der Waals surface area contributed by atoms with Gasteiger partial charge in [0.2, 0.25) is 0 Å². The summed E-state index contributed by atoms with van der Waals surface area (Å²) in [5, 5.41) is 5.54. The molecule has 0 fully saturated rings. The van der Waals surface area contributed by atoms with Gasteiger partial charge in [0.05, 0.1) is 11.1 Å². The number of unbranched alkanes of at least 4 members (excludes halogenated alkanes) is 2. The zero-order chi connectivity index (χ0) is 18.8. The molecule has 2 amide bonds. The second-order valence-corrected chi connectivity index (χ2v) is 6.02. The molecule has 1 heterocycles. The van der Waals surface area contributed by atoms with Crippen molar-refractivity contribution >= 4 is 11.8 Å². The fourth-order valence-electron chi connectivity index (χ4n) is 2.48. The molecule has 0 saturated carbocycles. The first-order valence-corrected chi connectivity index (χ1v) is 8.86. The normalized spacial score (nSPS) is 10.4. The van der Waals surface area contributed by atoms with Gasteiger partial charge >= 0.3 is 0 Å². The van der Waals surface area contributed by atoms with E-state index in [0.717, 1.165) is 19.3 Å². The van der Waals surface area contributed by atoms with E-state index in [9.17, 15) is 14.0 Å². The van der Waals surface area contributed by atoms with E-state index in [1.165, 1.54) is 24.5 Å². The second-order valence-electron chi connectivity index (χ2n) is 6.02. The summed E-state index contributed by atoms with van der Waals surface area (Å²) in [6, 6.07) is 7.98. The van der Waals surface area contributed by atoms with Crippen molar-refractivity contribution in [3.63, 3.8) is 0 Å². The molecule has 2 aromatic rings. The van der Waals surface area contributed by atoms with E-state index in [1.54, 1.807) is 18.2 Å². The molecule has 6 heteroatoms. The molecule has 138 valence electrons. The van der Waals surface area contributed by atoms with Crippen LogP contribution in [0.5, 0.6) is 0 Å². The van der Waals surface area contributed by atoms with Crippen LogP contribution < -0.4 is 10.6 Å². The first-order chi connectivity index (χ1) is 12.6. The summed E-state index contributed by atoms with van der Waals surface area (Å²) in [5.74, 6) is -0.866. The Labute approximate surface area is 153 Å². The van der Waals surface area contributed by atoms with Crippen LogP contribution in [0.1, 0.15) is 52.5 Å². The monoisotopic (exact) mass is 357 g/mol. The van der Waals surface area contributed by atoms with Crippen LogP contribution in [-0.4, -0.2) is 29.9 Å². The van der Waals surface area contributed by atoms with Gasteiger partial charge in [0.25, 0.3) is 11.8 Å². The number of hydrogen-bond acceptors (Lipinski definition) is 3. The van der Waals surface area contributed by atoms with Crippen LogP contribution in [0.25, 0.3) is 0 Å². The average molecular weight is 357 g/mol. The highest BCUT2D eigenvalue weighted by molar-refractivity contribution is 5.99. The van der Waals surface area contributed by atoms with Gasteiger partial charge in [-0.3, -0.25) is 14.6 Å². The lowest BCUT2D eigenvalue weighted by Crippen LogP contribution is -2.28. The van der Waals surface area contributed by atoms with Crippen LogP contribution in [0.15, 0.2) is 42.7 Å². The number of carbonyl (C=O) groups excluding carboxylic acids is 2. The van der Waals surface area contributed by atoms with Crippen LogP contribution in [0.3, 0.4) is 0 Å². The van der Waals surface area contributed by atoms with Crippen LogP contribution in [0, 0.1) is 5.82 Å². The van der Waals surface area contributed by atoms with E-state index in [-0.39, 0.29) is 17.6 Å². The minimum absolute atomic E-state index is 0.241. The van der Waals surface area contributed by atoms with Gasteiger partial charge in [0, 0.05) is 25.5 Å². The first kappa shape index (κ1) is 19.6. The molecule has 0 aliphatic carbocycles. The molecule has 0 aliphatic heterocycles. The van der Waals surface area contributed by atoms with Crippen molar-refractivity contribution in [1.82, 2.24) is 15.6 Å². The third kappa shape index (κ3) is 5.95. The molecule has 0 saturated heterocycles. The molecule has 26 heavy (non-hydrogen) atoms. The molecule has 0 radical (unpaired) electrons. The molecule has 5 nitrogen and oxygen atoms in total. The van der Waals surface area contributed by atoms with Crippen molar-refractivity contribution in [2.24, 2.45) is 0 Å². The number of rotatable bonds is 9. The summed E-state index contributed by atoms with van der Waals surface area (Å²) in [6.45, 7) is 3.00. The third-order valence-electron chi connectivity index (χ3n) is 3.97. The summed E-state index contributed by atoms with van der Waals surface area (Å²) in [6.07, 6.45) is 6.30. The average Bonchev–Trinajstić information content (AvgIpc) is 2.66. The van der Waals surface area contributed by atoms with E-state index >= 15 is 0 Å². The van der Waals surface area contributed by atoms with Gasteiger partial charge < -0.3 is 10.6 Å². The SMILES string of the molecule is CCCCCNC(=O)c1cncc(C(=O)NCCc2ccccc2F)c1. The number of nitrogens with zero attached hydrogens (tertiary/aromatic N) is 1. The highest BCUT2D eigenvalue weighted by Crippen LogP contribution is 2.07. The highest BCUT2D eigenvalue weighted by Gasteiger charge is 2.11. The number of pyridine rings is 1. The minimum Gasteiger partial charge on any atom is -0.352 e. The van der Waals surface area contributed by atoms with Gasteiger partial charge in [0.15, 0.2) is 0 Å². The molecule has 0 bridgehead atoms. The standard InChI is InChI=1S/C20H24FN3O2/c1-2-3-6-10-23-19(25)16-12-17(14-22-13-16)20(26)24-11-9-15-7-4-5-8-18(15)21/h4-5,7-8,12-14H,2-3,6,9-11H2,1H3,(H,23,25)(H,24,26). The number of carbonyl (C=O) groups is 2. The number of amides is 2. The van der Waals surface area contributed by atoms with E-state index in [4.69, 9.17) is 0 Å². The van der Waals surface area contributed by atoms with Crippen LogP contribution in [-0.2, 0) is 6.42 Å². The largest absolute Gasteiger partial charge is 0.352 e. The summed E-state index contributed by atoms with van der Waals surface area (Å²) >= 11 is 0. The van der Waals surface area contributed by atoms with Crippen molar-refractivity contribution in [3.8, 4) is 0 Å². The molecule has 0 spiro atoms. The Morgan fingerprint density at radius 3 is 2.31 bits per heavy atom. The molecule has 0 aliphatic rings. The minimum atomic E-state index is -0.338. The zero-order valence-electron chi connectivity index (χ0n) is 14.9. The summed E-state index contributed by atoms with van der Waals surface area (Å²) in [7, 11) is 0. The number of benzene rings is 1. The van der Waals surface area contributed by atoms with Gasteiger partial charge in [-0.1, -0.05) is 38.0 Å². The Bertz CT molecular complexity index is 749. The fraction of sp³-hybridized carbons (Fsp3) is 0.350. The lowest BCUT2D eigenvalue weighted by Gasteiger charge is -2.08. The maximum atomic E-state index is 13.6. The van der Waals surface area contributed by atoms with Crippen molar-refractivity contribution < 1.29 is 14.0 Å². The molecular formula is C20H24FN3O2. The van der Waals surface area contributed by atoms with Crippen LogP contribution in [0.4, 0.5) is 4.39 Å². The first-order valence-electron chi connectivity index (χ1n) is 8.86. The summed E-state index contributed by atoms with van der Waals surface area (Å²) in [5.41, 5.74) is 1.20. The Hall–Kier alpha value is -2.76. The molecule has 1 aromatic heterocycles. The molecule has 2 N–H and O–H groups in total. The van der Waals surface area contributed by atoms with Crippen LogP contribution >= 0.6 is 0 Å². The van der Waals surface area contributed by atoms with Crippen molar-refractivity contribution in [1.29, 1.82) is 0 Å². The summed E-state index contributed by atoms with van der Waals surface area (Å²) in [4.78, 5) is 28.3. The number of halogens is 1. The van der Waals surface area contributed by atoms with Gasteiger partial charge in [0.1, 0.15) is 5.82 Å². The zero-order valence-corrected chi connectivity index (χ0v) is 14.9. The van der Waals surface area contributed by atoms with Gasteiger partial charge in [-0.25, -0.2) is 4.39 Å². The molecular weight excluding hydrogens is 333 g/mol. The summed E-state index contributed by atoms with van der Waals surface area (Å²) < 4.78 is 13.6. The topological polar surface area (TPSA) is 71.1 Å². The number of hydrogen-bond donors (Lipinski definition) is 2. The third-order valence-corrected chi connectivity index (χ3v) is 3.97. The Morgan fingerprint density at radius 2 is 1.65 bits per heavy atom. The smallest absolute Gasteiger partial charge is 0.252 e. The predicted molar refractivity (Wildman–Crippen MR) is 98.5 cm³/mol. The van der Waals surface area contributed by atoms with Crippen molar-refractivity contribution in [2.45, 2.75) is 32.6 Å².